The monoisotopic (exact) mass is 254 g/mol. The minimum atomic E-state index is 0.739. The van der Waals surface area contributed by atoms with Crippen molar-refractivity contribution >= 4 is 33.9 Å². The summed E-state index contributed by atoms with van der Waals surface area (Å²) in [5.74, 6) is 0. The van der Waals surface area contributed by atoms with E-state index in [1.54, 1.807) is 6.20 Å². The second kappa shape index (κ2) is 4.67. The van der Waals surface area contributed by atoms with Crippen molar-refractivity contribution in [1.29, 1.82) is 0 Å². The fraction of sp³-hybridized carbons (Fsp3) is 0. The fourth-order valence-corrected chi connectivity index (χ4v) is 1.98. The lowest BCUT2D eigenvalue weighted by molar-refractivity contribution is 1.41. The third-order valence-corrected chi connectivity index (χ3v) is 2.99. The summed E-state index contributed by atoms with van der Waals surface area (Å²) in [4.78, 5) is 4.30. The van der Waals surface area contributed by atoms with Crippen LogP contribution in [0.4, 0.5) is 11.4 Å². The summed E-state index contributed by atoms with van der Waals surface area (Å²) < 4.78 is 0. The maximum atomic E-state index is 5.86. The highest BCUT2D eigenvalue weighted by Crippen LogP contribution is 2.22. The predicted molar refractivity (Wildman–Crippen MR) is 76.5 cm³/mol. The summed E-state index contributed by atoms with van der Waals surface area (Å²) >= 11 is 5.86. The Balaban J connectivity index is 1.92. The molecule has 0 saturated carbocycles. The molecular weight excluding hydrogens is 244 g/mol. The lowest BCUT2D eigenvalue weighted by Gasteiger charge is -2.07. The molecule has 0 aliphatic rings. The van der Waals surface area contributed by atoms with E-state index in [-0.39, 0.29) is 0 Å². The number of halogens is 1. The summed E-state index contributed by atoms with van der Waals surface area (Å²) in [6.45, 7) is 0. The van der Waals surface area contributed by atoms with Crippen molar-refractivity contribution in [2.75, 3.05) is 5.32 Å². The van der Waals surface area contributed by atoms with Crippen molar-refractivity contribution < 1.29 is 0 Å². The Kier molecular flexibility index (Phi) is 2.87. The minimum Gasteiger partial charge on any atom is -0.356 e. The molecule has 0 amide bonds. The van der Waals surface area contributed by atoms with Crippen LogP contribution >= 0.6 is 11.6 Å². The molecule has 88 valence electrons. The smallest absolute Gasteiger partial charge is 0.0703 e. The molecule has 0 fully saturated rings. The highest BCUT2D eigenvalue weighted by Gasteiger charge is 1.98. The van der Waals surface area contributed by atoms with Gasteiger partial charge < -0.3 is 5.32 Å². The van der Waals surface area contributed by atoms with Crippen LogP contribution in [0.1, 0.15) is 0 Å². The average molecular weight is 255 g/mol. The van der Waals surface area contributed by atoms with Crippen LogP contribution in [0.15, 0.2) is 60.8 Å². The van der Waals surface area contributed by atoms with Crippen LogP contribution < -0.4 is 5.32 Å². The minimum absolute atomic E-state index is 0.739. The number of pyridine rings is 1. The molecule has 3 heteroatoms. The molecule has 3 rings (SSSR count). The second-order valence-corrected chi connectivity index (χ2v) is 4.48. The third-order valence-electron chi connectivity index (χ3n) is 2.74. The van der Waals surface area contributed by atoms with Gasteiger partial charge in [0.15, 0.2) is 0 Å². The standard InChI is InChI=1S/C15H11ClN2/c16-12-3-5-13(6-4-12)18-14-7-8-15-11(10-14)2-1-9-17-15/h1-10,18H. The van der Waals surface area contributed by atoms with Gasteiger partial charge in [0.05, 0.1) is 5.52 Å². The Morgan fingerprint density at radius 2 is 1.67 bits per heavy atom. The number of benzene rings is 2. The molecule has 0 saturated heterocycles. The Labute approximate surface area is 110 Å². The van der Waals surface area contributed by atoms with Crippen LogP contribution in [0.3, 0.4) is 0 Å². The van der Waals surface area contributed by atoms with Gasteiger partial charge in [-0.1, -0.05) is 17.7 Å². The van der Waals surface area contributed by atoms with Crippen molar-refractivity contribution in [2.45, 2.75) is 0 Å². The maximum Gasteiger partial charge on any atom is 0.0703 e. The van der Waals surface area contributed by atoms with E-state index in [2.05, 4.69) is 22.4 Å². The Hall–Kier alpha value is -2.06. The van der Waals surface area contributed by atoms with E-state index in [0.717, 1.165) is 27.3 Å². The van der Waals surface area contributed by atoms with Gasteiger partial charge in [-0.3, -0.25) is 4.98 Å². The molecule has 1 heterocycles. The van der Waals surface area contributed by atoms with E-state index < -0.39 is 0 Å². The molecule has 18 heavy (non-hydrogen) atoms. The molecule has 0 radical (unpaired) electrons. The Morgan fingerprint density at radius 1 is 0.889 bits per heavy atom. The number of aromatic nitrogens is 1. The molecule has 0 unspecified atom stereocenters. The van der Waals surface area contributed by atoms with Crippen molar-refractivity contribution in [3.63, 3.8) is 0 Å². The van der Waals surface area contributed by atoms with Crippen LogP contribution in [0, 0.1) is 0 Å². The average Bonchev–Trinajstić information content (AvgIpc) is 2.41. The quantitative estimate of drug-likeness (QED) is 0.721. The van der Waals surface area contributed by atoms with E-state index >= 15 is 0 Å². The maximum absolute atomic E-state index is 5.86. The first-order valence-corrected chi connectivity index (χ1v) is 6.06. The van der Waals surface area contributed by atoms with E-state index in [0.29, 0.717) is 0 Å². The zero-order valence-corrected chi connectivity index (χ0v) is 10.4. The fourth-order valence-electron chi connectivity index (χ4n) is 1.85. The highest BCUT2D eigenvalue weighted by atomic mass is 35.5. The molecule has 0 bridgehead atoms. The first-order chi connectivity index (χ1) is 8.81. The molecule has 1 aromatic heterocycles. The van der Waals surface area contributed by atoms with Gasteiger partial charge in [0.2, 0.25) is 0 Å². The van der Waals surface area contributed by atoms with Gasteiger partial charge >= 0.3 is 0 Å². The van der Waals surface area contributed by atoms with Gasteiger partial charge in [-0.05, 0) is 48.5 Å². The van der Waals surface area contributed by atoms with Gasteiger partial charge in [-0.15, -0.1) is 0 Å². The van der Waals surface area contributed by atoms with Crippen molar-refractivity contribution in [2.24, 2.45) is 0 Å². The lowest BCUT2D eigenvalue weighted by atomic mass is 10.2. The number of hydrogen-bond acceptors (Lipinski definition) is 2. The molecule has 0 spiro atoms. The second-order valence-electron chi connectivity index (χ2n) is 4.04. The number of nitrogens with one attached hydrogen (secondary N) is 1. The number of anilines is 2. The van der Waals surface area contributed by atoms with Gasteiger partial charge in [0.25, 0.3) is 0 Å². The van der Waals surface area contributed by atoms with E-state index in [4.69, 9.17) is 11.6 Å². The lowest BCUT2D eigenvalue weighted by Crippen LogP contribution is -1.90. The summed E-state index contributed by atoms with van der Waals surface area (Å²) in [5.41, 5.74) is 3.06. The van der Waals surface area contributed by atoms with E-state index in [9.17, 15) is 0 Å². The first kappa shape index (κ1) is 11.1. The summed E-state index contributed by atoms with van der Waals surface area (Å²) in [6.07, 6.45) is 1.80. The van der Waals surface area contributed by atoms with Crippen LogP contribution in [0.2, 0.25) is 5.02 Å². The summed E-state index contributed by atoms with van der Waals surface area (Å²) in [5, 5.41) is 5.20. The number of fused-ring (bicyclic) bond motifs is 1. The van der Waals surface area contributed by atoms with Crippen LogP contribution in [-0.4, -0.2) is 4.98 Å². The zero-order chi connectivity index (χ0) is 12.4. The van der Waals surface area contributed by atoms with Gasteiger partial charge in [0, 0.05) is 28.0 Å². The number of nitrogens with zero attached hydrogens (tertiary/aromatic N) is 1. The molecule has 0 aliphatic heterocycles. The topological polar surface area (TPSA) is 24.9 Å². The molecule has 1 N–H and O–H groups in total. The van der Waals surface area contributed by atoms with Crippen molar-refractivity contribution in [3.8, 4) is 0 Å². The van der Waals surface area contributed by atoms with Crippen molar-refractivity contribution in [3.05, 3.63) is 65.8 Å². The Bertz CT molecular complexity index is 677. The molecular formula is C15H11ClN2. The molecule has 0 aliphatic carbocycles. The number of hydrogen-bond donors (Lipinski definition) is 1. The molecule has 3 aromatic rings. The Morgan fingerprint density at radius 3 is 2.50 bits per heavy atom. The number of rotatable bonds is 2. The SMILES string of the molecule is Clc1ccc(Nc2ccc3ncccc3c2)cc1. The normalized spacial score (nSPS) is 10.5. The van der Waals surface area contributed by atoms with E-state index in [1.165, 1.54) is 0 Å². The summed E-state index contributed by atoms with van der Waals surface area (Å²) in [7, 11) is 0. The van der Waals surface area contributed by atoms with Crippen LogP contribution in [0.25, 0.3) is 10.9 Å². The third kappa shape index (κ3) is 2.29. The molecule has 2 nitrogen and oxygen atoms in total. The van der Waals surface area contributed by atoms with Crippen LogP contribution in [0.5, 0.6) is 0 Å². The van der Waals surface area contributed by atoms with Crippen LogP contribution in [-0.2, 0) is 0 Å². The first-order valence-electron chi connectivity index (χ1n) is 5.69. The zero-order valence-electron chi connectivity index (χ0n) is 9.60. The van der Waals surface area contributed by atoms with Gasteiger partial charge in [-0.2, -0.15) is 0 Å². The van der Waals surface area contributed by atoms with Crippen molar-refractivity contribution in [1.82, 2.24) is 4.98 Å². The molecule has 2 aromatic carbocycles. The highest BCUT2D eigenvalue weighted by molar-refractivity contribution is 6.30. The largest absolute Gasteiger partial charge is 0.356 e. The van der Waals surface area contributed by atoms with Gasteiger partial charge in [-0.25, -0.2) is 0 Å². The summed E-state index contributed by atoms with van der Waals surface area (Å²) in [6, 6.07) is 17.7. The predicted octanol–water partition coefficient (Wildman–Crippen LogP) is 4.63. The van der Waals surface area contributed by atoms with E-state index in [1.807, 2.05) is 42.5 Å². The van der Waals surface area contributed by atoms with Gasteiger partial charge in [0.1, 0.15) is 0 Å². The molecule has 0 atom stereocenters.